The van der Waals surface area contributed by atoms with Crippen molar-refractivity contribution in [1.82, 2.24) is 4.90 Å². The van der Waals surface area contributed by atoms with E-state index in [2.05, 4.69) is 11.9 Å². The minimum atomic E-state index is -0.351. The lowest BCUT2D eigenvalue weighted by molar-refractivity contribution is -0.154. The summed E-state index contributed by atoms with van der Waals surface area (Å²) >= 11 is 0. The van der Waals surface area contributed by atoms with Crippen LogP contribution < -0.4 is 0 Å². The first-order valence-corrected chi connectivity index (χ1v) is 4.11. The smallest absolute Gasteiger partial charge is 0.163 e. The van der Waals surface area contributed by atoms with E-state index in [-0.39, 0.29) is 5.79 Å². The van der Waals surface area contributed by atoms with Crippen LogP contribution in [0.4, 0.5) is 0 Å². The second-order valence-corrected chi connectivity index (χ2v) is 3.93. The molecule has 2 saturated heterocycles. The van der Waals surface area contributed by atoms with E-state index in [1.54, 1.807) is 0 Å². The van der Waals surface area contributed by atoms with Gasteiger partial charge in [-0.05, 0) is 20.9 Å². The fourth-order valence-electron chi connectivity index (χ4n) is 1.91. The SMILES string of the molecule is CN1CC2OC(C)(C)OC2C1. The van der Waals surface area contributed by atoms with Crippen LogP contribution in [0, 0.1) is 0 Å². The summed E-state index contributed by atoms with van der Waals surface area (Å²) in [6, 6.07) is 0. The number of hydrogen-bond acceptors (Lipinski definition) is 3. The molecular formula is C8H15NO2. The van der Waals surface area contributed by atoms with Gasteiger partial charge in [0.2, 0.25) is 0 Å². The Morgan fingerprint density at radius 1 is 1.18 bits per heavy atom. The zero-order valence-corrected chi connectivity index (χ0v) is 7.33. The number of fused-ring (bicyclic) bond motifs is 1. The Morgan fingerprint density at radius 2 is 1.64 bits per heavy atom. The molecule has 2 atom stereocenters. The van der Waals surface area contributed by atoms with Crippen molar-refractivity contribution in [3.05, 3.63) is 0 Å². The first-order valence-electron chi connectivity index (χ1n) is 4.11. The van der Waals surface area contributed by atoms with Gasteiger partial charge in [-0.2, -0.15) is 0 Å². The number of hydrogen-bond donors (Lipinski definition) is 0. The molecule has 0 aromatic carbocycles. The van der Waals surface area contributed by atoms with Crippen molar-refractivity contribution in [2.75, 3.05) is 20.1 Å². The van der Waals surface area contributed by atoms with Crippen molar-refractivity contribution in [3.8, 4) is 0 Å². The average molecular weight is 157 g/mol. The maximum absolute atomic E-state index is 5.68. The molecule has 0 radical (unpaired) electrons. The second kappa shape index (κ2) is 2.19. The van der Waals surface area contributed by atoms with Gasteiger partial charge in [0.1, 0.15) is 12.2 Å². The van der Waals surface area contributed by atoms with Crippen LogP contribution in [0.25, 0.3) is 0 Å². The van der Waals surface area contributed by atoms with Gasteiger partial charge < -0.3 is 14.4 Å². The molecule has 0 amide bonds. The number of ether oxygens (including phenoxy) is 2. The normalized spacial score (nSPS) is 42.8. The van der Waals surface area contributed by atoms with Crippen molar-refractivity contribution in [2.45, 2.75) is 31.8 Å². The molecule has 3 nitrogen and oxygen atoms in total. The molecule has 2 aliphatic heterocycles. The monoisotopic (exact) mass is 157 g/mol. The Morgan fingerprint density at radius 3 is 2.09 bits per heavy atom. The minimum absolute atomic E-state index is 0.301. The van der Waals surface area contributed by atoms with Crippen LogP contribution in [0.15, 0.2) is 0 Å². The van der Waals surface area contributed by atoms with Crippen LogP contribution >= 0.6 is 0 Å². The van der Waals surface area contributed by atoms with E-state index in [1.165, 1.54) is 0 Å². The van der Waals surface area contributed by atoms with Gasteiger partial charge in [-0.1, -0.05) is 0 Å². The van der Waals surface area contributed by atoms with E-state index in [9.17, 15) is 0 Å². The fraction of sp³-hybridized carbons (Fsp3) is 1.00. The Labute approximate surface area is 67.3 Å². The zero-order chi connectivity index (χ0) is 8.06. The van der Waals surface area contributed by atoms with E-state index >= 15 is 0 Å². The van der Waals surface area contributed by atoms with E-state index in [0.29, 0.717) is 12.2 Å². The molecule has 0 bridgehead atoms. The molecule has 0 N–H and O–H groups in total. The van der Waals surface area contributed by atoms with Crippen LogP contribution in [-0.4, -0.2) is 43.0 Å². The van der Waals surface area contributed by atoms with Crippen molar-refractivity contribution in [1.29, 1.82) is 0 Å². The van der Waals surface area contributed by atoms with E-state index in [1.807, 2.05) is 13.8 Å². The van der Waals surface area contributed by atoms with Gasteiger partial charge in [-0.15, -0.1) is 0 Å². The van der Waals surface area contributed by atoms with Gasteiger partial charge in [0.05, 0.1) is 0 Å². The fourth-order valence-corrected chi connectivity index (χ4v) is 1.91. The lowest BCUT2D eigenvalue weighted by Crippen LogP contribution is -2.27. The summed E-state index contributed by atoms with van der Waals surface area (Å²) in [4.78, 5) is 2.24. The Balaban J connectivity index is 2.04. The van der Waals surface area contributed by atoms with Gasteiger partial charge in [-0.3, -0.25) is 0 Å². The van der Waals surface area contributed by atoms with Gasteiger partial charge in [0, 0.05) is 13.1 Å². The van der Waals surface area contributed by atoms with Gasteiger partial charge in [-0.25, -0.2) is 0 Å². The maximum Gasteiger partial charge on any atom is 0.163 e. The van der Waals surface area contributed by atoms with Crippen LogP contribution in [-0.2, 0) is 9.47 Å². The highest BCUT2D eigenvalue weighted by molar-refractivity contribution is 4.90. The molecule has 2 fully saturated rings. The van der Waals surface area contributed by atoms with Crippen LogP contribution in [0.2, 0.25) is 0 Å². The lowest BCUT2D eigenvalue weighted by atomic mass is 10.3. The molecule has 0 saturated carbocycles. The molecule has 2 heterocycles. The highest BCUT2D eigenvalue weighted by Gasteiger charge is 2.45. The molecular weight excluding hydrogens is 142 g/mol. The molecule has 0 aromatic rings. The van der Waals surface area contributed by atoms with Gasteiger partial charge in [0.15, 0.2) is 5.79 Å². The number of likely N-dealkylation sites (N-methyl/N-ethyl adjacent to an activating group) is 1. The van der Waals surface area contributed by atoms with Gasteiger partial charge in [0.25, 0.3) is 0 Å². The van der Waals surface area contributed by atoms with Crippen LogP contribution in [0.5, 0.6) is 0 Å². The third-order valence-corrected chi connectivity index (χ3v) is 2.27. The third-order valence-electron chi connectivity index (χ3n) is 2.27. The molecule has 2 rings (SSSR count). The largest absolute Gasteiger partial charge is 0.343 e. The topological polar surface area (TPSA) is 21.7 Å². The Kier molecular flexibility index (Phi) is 1.50. The third kappa shape index (κ3) is 1.28. The first kappa shape index (κ1) is 7.53. The Hall–Kier alpha value is -0.120. The maximum atomic E-state index is 5.68. The van der Waals surface area contributed by atoms with Crippen LogP contribution in [0.3, 0.4) is 0 Å². The molecule has 3 heteroatoms. The minimum Gasteiger partial charge on any atom is -0.343 e. The molecule has 2 unspecified atom stereocenters. The summed E-state index contributed by atoms with van der Waals surface area (Å²) in [5.41, 5.74) is 0. The van der Waals surface area contributed by atoms with Crippen molar-refractivity contribution in [3.63, 3.8) is 0 Å². The summed E-state index contributed by atoms with van der Waals surface area (Å²) in [5.74, 6) is -0.351. The van der Waals surface area contributed by atoms with Gasteiger partial charge >= 0.3 is 0 Å². The van der Waals surface area contributed by atoms with E-state index in [4.69, 9.17) is 9.47 Å². The molecule has 0 aromatic heterocycles. The lowest BCUT2D eigenvalue weighted by Gasteiger charge is -2.20. The van der Waals surface area contributed by atoms with Crippen LogP contribution in [0.1, 0.15) is 13.8 Å². The summed E-state index contributed by atoms with van der Waals surface area (Å²) in [6.45, 7) is 5.97. The van der Waals surface area contributed by atoms with Crippen molar-refractivity contribution >= 4 is 0 Å². The highest BCUT2D eigenvalue weighted by Crippen LogP contribution is 2.31. The van der Waals surface area contributed by atoms with E-state index in [0.717, 1.165) is 13.1 Å². The predicted molar refractivity (Wildman–Crippen MR) is 41.3 cm³/mol. The zero-order valence-electron chi connectivity index (χ0n) is 7.33. The highest BCUT2D eigenvalue weighted by atomic mass is 16.8. The standard InChI is InChI=1S/C8H15NO2/c1-8(2)10-6-4-9(3)5-7(6)11-8/h6-7H,4-5H2,1-3H3. The molecule has 11 heavy (non-hydrogen) atoms. The summed E-state index contributed by atoms with van der Waals surface area (Å²) in [5, 5.41) is 0. The summed E-state index contributed by atoms with van der Waals surface area (Å²) in [7, 11) is 2.10. The molecule has 0 aliphatic carbocycles. The van der Waals surface area contributed by atoms with Crippen molar-refractivity contribution in [2.24, 2.45) is 0 Å². The number of rotatable bonds is 0. The number of nitrogens with zero attached hydrogens (tertiary/aromatic N) is 1. The van der Waals surface area contributed by atoms with Crippen molar-refractivity contribution < 1.29 is 9.47 Å². The first-order chi connectivity index (χ1) is 5.07. The summed E-state index contributed by atoms with van der Waals surface area (Å²) in [6.07, 6.45) is 0.602. The Bertz CT molecular complexity index is 153. The van der Waals surface area contributed by atoms with E-state index < -0.39 is 0 Å². The second-order valence-electron chi connectivity index (χ2n) is 3.93. The summed E-state index contributed by atoms with van der Waals surface area (Å²) < 4.78 is 11.4. The predicted octanol–water partition coefficient (Wildman–Crippen LogP) is 0.452. The molecule has 2 aliphatic rings. The average Bonchev–Trinajstić information content (AvgIpc) is 2.17. The molecule has 64 valence electrons. The quantitative estimate of drug-likeness (QED) is 0.509. The number of likely N-dealkylation sites (tertiary alicyclic amines) is 1. The molecule has 0 spiro atoms.